The van der Waals surface area contributed by atoms with E-state index in [0.29, 0.717) is 11.5 Å². The molecule has 1 aliphatic rings. The minimum absolute atomic E-state index is 0. The Balaban J connectivity index is 0.00000492. The second-order valence-corrected chi connectivity index (χ2v) is 17.5. The van der Waals surface area contributed by atoms with Crippen LogP contribution in [0.1, 0.15) is 0 Å². The van der Waals surface area contributed by atoms with Gasteiger partial charge in [0.15, 0.2) is 0 Å². The first-order valence-corrected chi connectivity index (χ1v) is 23.5. The number of fused-ring (bicyclic) bond motifs is 9. The normalized spacial score (nSPS) is 12.1. The maximum Gasteiger partial charge on any atom is 2.00 e. The van der Waals surface area contributed by atoms with Crippen LogP contribution in [0.4, 0.5) is 22.7 Å². The zero-order valence-corrected chi connectivity index (χ0v) is 39.5. The van der Waals surface area contributed by atoms with Gasteiger partial charge in [0.2, 0.25) is 5.69 Å². The molecule has 0 unspecified atom stereocenters. The molecule has 14 rings (SSSR count). The van der Waals surface area contributed by atoms with E-state index in [4.69, 9.17) is 9.72 Å². The predicted molar refractivity (Wildman–Crippen MR) is 286 cm³/mol. The Morgan fingerprint density at radius 2 is 1.01 bits per heavy atom. The van der Waals surface area contributed by atoms with Gasteiger partial charge in [-0.15, -0.1) is 23.6 Å². The average molecular weight is 1000 g/mol. The second kappa shape index (κ2) is 17.2. The number of hydrogen-bond acceptors (Lipinski definition) is 2. The number of ether oxygens (including phenoxy) is 1. The van der Waals surface area contributed by atoms with Crippen LogP contribution in [0, 0.1) is 12.1 Å². The van der Waals surface area contributed by atoms with Crippen molar-refractivity contribution < 1.29 is 25.2 Å². The van der Waals surface area contributed by atoms with Crippen LogP contribution in [0.25, 0.3) is 88.1 Å². The first-order valence-electron chi connectivity index (χ1n) is 23.5. The van der Waals surface area contributed by atoms with Gasteiger partial charge in [0.1, 0.15) is 11.5 Å². The zero-order chi connectivity index (χ0) is 46.1. The molecular weight excluding hydrogens is 961 g/mol. The molecule has 1 aliphatic heterocycles. The van der Waals surface area contributed by atoms with Crippen LogP contribution in [-0.2, 0) is 20.4 Å². The van der Waals surface area contributed by atoms with Gasteiger partial charge in [-0.05, 0) is 75.0 Å². The molecule has 13 aromatic rings. The largest absolute Gasteiger partial charge is 2.00 e. The fourth-order valence-electron chi connectivity index (χ4n) is 10.5. The fourth-order valence-corrected chi connectivity index (χ4v) is 10.5. The third kappa shape index (κ3) is 6.95. The van der Waals surface area contributed by atoms with Crippen molar-refractivity contribution in [3.63, 3.8) is 0 Å². The predicted octanol–water partition coefficient (Wildman–Crippen LogP) is 16.0. The van der Waals surface area contributed by atoms with Crippen molar-refractivity contribution in [2.45, 2.75) is 0 Å². The molecular formula is C64H39N5OPd+2. The first-order chi connectivity index (χ1) is 34.7. The molecule has 6 nitrogen and oxygen atoms in total. The van der Waals surface area contributed by atoms with E-state index in [1.165, 1.54) is 10.8 Å². The first kappa shape index (κ1) is 42.2. The summed E-state index contributed by atoms with van der Waals surface area (Å²) in [6.07, 6.45) is 1.90. The Labute approximate surface area is 423 Å². The van der Waals surface area contributed by atoms with Gasteiger partial charge in [0, 0.05) is 46.1 Å². The number of pyridine rings is 1. The summed E-state index contributed by atoms with van der Waals surface area (Å²) in [6, 6.07) is 91.9. The Hall–Kier alpha value is -8.95. The molecule has 0 spiro atoms. The molecule has 0 fully saturated rings. The van der Waals surface area contributed by atoms with Crippen molar-refractivity contribution >= 4 is 83.1 Å². The minimum Gasteiger partial charge on any atom is -0.509 e. The smallest absolute Gasteiger partial charge is 0.509 e. The number of nitrogens with zero attached hydrogens (tertiary/aromatic N) is 5. The molecule has 334 valence electrons. The molecule has 71 heavy (non-hydrogen) atoms. The molecule has 0 N–H and O–H groups in total. The summed E-state index contributed by atoms with van der Waals surface area (Å²) >= 11 is 0. The van der Waals surface area contributed by atoms with Gasteiger partial charge in [0.05, 0.1) is 33.2 Å². The van der Waals surface area contributed by atoms with Gasteiger partial charge >= 0.3 is 32.1 Å². The molecule has 0 saturated carbocycles. The summed E-state index contributed by atoms with van der Waals surface area (Å²) in [5.41, 5.74) is 13.5. The van der Waals surface area contributed by atoms with E-state index in [1.54, 1.807) is 0 Å². The van der Waals surface area contributed by atoms with Crippen LogP contribution in [0.5, 0.6) is 11.5 Å². The molecule has 7 heteroatoms. The summed E-state index contributed by atoms with van der Waals surface area (Å²) < 4.78 is 15.6. The molecule has 0 bridgehead atoms. The molecule has 0 atom stereocenters. The zero-order valence-electron chi connectivity index (χ0n) is 38.0. The Morgan fingerprint density at radius 3 is 1.70 bits per heavy atom. The summed E-state index contributed by atoms with van der Waals surface area (Å²) in [5.74, 6) is 1.90. The number of aromatic nitrogens is 3. The van der Waals surface area contributed by atoms with Crippen LogP contribution in [0.15, 0.2) is 237 Å². The van der Waals surface area contributed by atoms with E-state index >= 15 is 0 Å². The molecule has 0 saturated heterocycles. The molecule has 0 amide bonds. The summed E-state index contributed by atoms with van der Waals surface area (Å²) in [7, 11) is 0. The van der Waals surface area contributed by atoms with E-state index in [1.807, 2.05) is 24.4 Å². The van der Waals surface area contributed by atoms with Crippen molar-refractivity contribution in [2.24, 2.45) is 0 Å². The SMILES string of the molecule is C1=[N+](c2[c-]c(Oc3[c-]c4c(cc3)c3ccccc3n4-c3cc(-n4c5ccccc5c5ccccc54)ccn3)ccc2)c2ccc3ccccc3c2[N+]=1c1c(-c2ccccc2)cccc1-c1ccccc1.[Pd+2]. The number of benzene rings is 10. The third-order valence-corrected chi connectivity index (χ3v) is 13.5. The van der Waals surface area contributed by atoms with Crippen molar-refractivity contribution in [1.29, 1.82) is 0 Å². The third-order valence-electron chi connectivity index (χ3n) is 13.5. The maximum absolute atomic E-state index is 6.76. The number of para-hydroxylation sites is 4. The Morgan fingerprint density at radius 1 is 0.437 bits per heavy atom. The van der Waals surface area contributed by atoms with Crippen molar-refractivity contribution in [1.82, 2.24) is 23.3 Å². The Bertz CT molecular complexity index is 4210. The minimum atomic E-state index is 0. The van der Waals surface area contributed by atoms with Gasteiger partial charge in [-0.3, -0.25) is 0 Å². The molecule has 3 aromatic heterocycles. The topological polar surface area (TPSA) is 38.0 Å². The van der Waals surface area contributed by atoms with Crippen molar-refractivity contribution in [2.75, 3.05) is 0 Å². The van der Waals surface area contributed by atoms with Gasteiger partial charge in [-0.1, -0.05) is 162 Å². The average Bonchev–Trinajstić information content (AvgIpc) is 4.09. The van der Waals surface area contributed by atoms with Crippen LogP contribution >= 0.6 is 0 Å². The van der Waals surface area contributed by atoms with Crippen LogP contribution in [-0.4, -0.2) is 20.1 Å². The van der Waals surface area contributed by atoms with Crippen molar-refractivity contribution in [3.05, 3.63) is 249 Å². The van der Waals surface area contributed by atoms with E-state index < -0.39 is 0 Å². The quantitative estimate of drug-likeness (QED) is 0.0864. The standard InChI is InChI=1S/C64H39N5O.Pd/c1-3-17-43(18-4-1)50-28-16-29-51(44-19-5-2-6-20-44)63(50)67-42-66(60-36-33-45-21-7-8-24-52(45)64(60)67)46-22-15-23-48(39-46)70-49-34-35-56-55-27-11-14-32-59(55)69(61(56)41-49)62-40-47(37-38-65-62)68-57-30-12-9-25-53(57)54-26-10-13-31-58(54)68;/h1-38,40H;/q;+2. The van der Waals surface area contributed by atoms with Gasteiger partial charge < -0.3 is 13.9 Å². The van der Waals surface area contributed by atoms with E-state index in [2.05, 4.69) is 249 Å². The summed E-state index contributed by atoms with van der Waals surface area (Å²) in [5, 5.41) is 6.86. The van der Waals surface area contributed by atoms with Crippen LogP contribution in [0.3, 0.4) is 0 Å². The molecule has 10 aromatic carbocycles. The summed E-state index contributed by atoms with van der Waals surface area (Å²) in [4.78, 5) is 5.00. The second-order valence-electron chi connectivity index (χ2n) is 17.5. The van der Waals surface area contributed by atoms with E-state index in [-0.39, 0.29) is 20.4 Å². The summed E-state index contributed by atoms with van der Waals surface area (Å²) in [6.45, 7) is 0. The van der Waals surface area contributed by atoms with Crippen LogP contribution in [0.2, 0.25) is 0 Å². The molecule has 0 aliphatic carbocycles. The van der Waals surface area contributed by atoms with Gasteiger partial charge in [-0.2, -0.15) is 12.1 Å². The van der Waals surface area contributed by atoms with Gasteiger partial charge in [-0.25, -0.2) is 4.98 Å². The Kier molecular flexibility index (Phi) is 10.2. The molecule has 4 heterocycles. The van der Waals surface area contributed by atoms with E-state index in [0.717, 1.165) is 100 Å². The maximum atomic E-state index is 6.76. The van der Waals surface area contributed by atoms with Crippen molar-refractivity contribution in [3.8, 4) is 45.3 Å². The number of rotatable bonds is 8. The van der Waals surface area contributed by atoms with E-state index in [9.17, 15) is 0 Å². The van der Waals surface area contributed by atoms with Gasteiger partial charge in [0.25, 0.3) is 5.69 Å². The molecule has 0 radical (unpaired) electrons. The number of hydrogen-bond donors (Lipinski definition) is 0. The van der Waals surface area contributed by atoms with Crippen LogP contribution < -0.4 is 13.9 Å². The monoisotopic (exact) mass is 999 g/mol. The fraction of sp³-hybridized carbons (Fsp3) is 0.